The van der Waals surface area contributed by atoms with Crippen LogP contribution in [0.1, 0.15) is 41.1 Å². The predicted molar refractivity (Wildman–Crippen MR) is 94.4 cm³/mol. The van der Waals surface area contributed by atoms with Gasteiger partial charge < -0.3 is 5.11 Å². The number of ketones is 1. The van der Waals surface area contributed by atoms with Crippen LogP contribution in [0.5, 0.6) is 0 Å². The van der Waals surface area contributed by atoms with E-state index < -0.39 is 17.9 Å². The van der Waals surface area contributed by atoms with Gasteiger partial charge in [-0.05, 0) is 23.9 Å². The first-order valence-corrected chi connectivity index (χ1v) is 8.03. The van der Waals surface area contributed by atoms with Gasteiger partial charge >= 0.3 is 5.97 Å². The summed E-state index contributed by atoms with van der Waals surface area (Å²) in [4.78, 5) is 26.7. The second-order valence-electron chi connectivity index (χ2n) is 5.68. The Hall–Kier alpha value is -3.11. The molecular formula is C19H19N3O3. The molecule has 0 aromatic heterocycles. The largest absolute Gasteiger partial charge is 0.481 e. The maximum absolute atomic E-state index is 13.1. The molecule has 0 aliphatic heterocycles. The summed E-state index contributed by atoms with van der Waals surface area (Å²) in [5.74, 6) is -1.70. The normalized spacial score (nSPS) is 12.6. The molecule has 2 unspecified atom stereocenters. The van der Waals surface area contributed by atoms with Crippen LogP contribution in [0.25, 0.3) is 10.4 Å². The van der Waals surface area contributed by atoms with Gasteiger partial charge in [-0.25, -0.2) is 0 Å². The first-order chi connectivity index (χ1) is 12.1. The van der Waals surface area contributed by atoms with E-state index in [1.807, 2.05) is 36.4 Å². The number of carboxylic acid groups (broad SMARTS) is 1. The van der Waals surface area contributed by atoms with Gasteiger partial charge in [-0.3, -0.25) is 9.59 Å². The molecule has 2 aromatic rings. The van der Waals surface area contributed by atoms with Gasteiger partial charge in [-0.1, -0.05) is 65.8 Å². The molecule has 6 nitrogen and oxygen atoms in total. The van der Waals surface area contributed by atoms with Gasteiger partial charge in [0.2, 0.25) is 0 Å². The Labute approximate surface area is 145 Å². The van der Waals surface area contributed by atoms with E-state index in [0.29, 0.717) is 18.4 Å². The van der Waals surface area contributed by atoms with Crippen molar-refractivity contribution in [1.82, 2.24) is 0 Å². The van der Waals surface area contributed by atoms with Crippen LogP contribution in [-0.2, 0) is 4.79 Å². The highest BCUT2D eigenvalue weighted by Crippen LogP contribution is 2.29. The quantitative estimate of drug-likeness (QED) is 0.313. The predicted octanol–water partition coefficient (Wildman–Crippen LogP) is 4.59. The molecule has 6 heteroatoms. The van der Waals surface area contributed by atoms with Gasteiger partial charge in [0.1, 0.15) is 0 Å². The number of carbonyl (C=O) groups excluding carboxylic acids is 1. The summed E-state index contributed by atoms with van der Waals surface area (Å²) in [6.07, 6.45) is 0.636. The van der Waals surface area contributed by atoms with Crippen LogP contribution in [0.15, 0.2) is 65.8 Å². The van der Waals surface area contributed by atoms with E-state index in [1.54, 1.807) is 24.3 Å². The van der Waals surface area contributed by atoms with Crippen molar-refractivity contribution in [3.8, 4) is 0 Å². The molecule has 0 saturated heterocycles. The van der Waals surface area contributed by atoms with Crippen LogP contribution in [0.2, 0.25) is 0 Å². The maximum atomic E-state index is 13.1. The lowest BCUT2D eigenvalue weighted by molar-refractivity contribution is -0.137. The van der Waals surface area contributed by atoms with Crippen molar-refractivity contribution < 1.29 is 14.7 Å². The van der Waals surface area contributed by atoms with E-state index in [-0.39, 0.29) is 12.2 Å². The van der Waals surface area contributed by atoms with E-state index >= 15 is 0 Å². The molecule has 0 bridgehead atoms. The smallest absolute Gasteiger partial charge is 0.303 e. The zero-order valence-electron chi connectivity index (χ0n) is 13.7. The molecule has 128 valence electrons. The summed E-state index contributed by atoms with van der Waals surface area (Å²) < 4.78 is 0. The van der Waals surface area contributed by atoms with Crippen molar-refractivity contribution in [2.45, 2.75) is 31.2 Å². The number of benzene rings is 2. The Kier molecular flexibility index (Phi) is 6.75. The number of carboxylic acids is 1. The number of aliphatic carboxylic acids is 1. The Balaban J connectivity index is 2.36. The fraction of sp³-hybridized carbons (Fsp3) is 0.263. The monoisotopic (exact) mass is 337 g/mol. The molecule has 0 radical (unpaired) electrons. The van der Waals surface area contributed by atoms with Crippen LogP contribution in [-0.4, -0.2) is 22.9 Å². The van der Waals surface area contributed by atoms with Crippen molar-refractivity contribution >= 4 is 11.8 Å². The third-order valence-electron chi connectivity index (χ3n) is 3.97. The third-order valence-corrected chi connectivity index (χ3v) is 3.97. The topological polar surface area (TPSA) is 103 Å². The Morgan fingerprint density at radius 2 is 1.64 bits per heavy atom. The van der Waals surface area contributed by atoms with Crippen LogP contribution >= 0.6 is 0 Å². The molecule has 2 atom stereocenters. The number of rotatable bonds is 9. The van der Waals surface area contributed by atoms with Crippen LogP contribution in [0.3, 0.4) is 0 Å². The van der Waals surface area contributed by atoms with Crippen LogP contribution in [0.4, 0.5) is 0 Å². The molecule has 25 heavy (non-hydrogen) atoms. The average molecular weight is 337 g/mol. The highest BCUT2D eigenvalue weighted by Gasteiger charge is 2.29. The van der Waals surface area contributed by atoms with Crippen molar-refractivity contribution in [3.63, 3.8) is 0 Å². The molecule has 0 fully saturated rings. The summed E-state index contributed by atoms with van der Waals surface area (Å²) in [7, 11) is 0. The number of azide groups is 1. The van der Waals surface area contributed by atoms with Crippen molar-refractivity contribution in [2.75, 3.05) is 0 Å². The Morgan fingerprint density at radius 3 is 2.20 bits per heavy atom. The van der Waals surface area contributed by atoms with E-state index in [1.165, 1.54) is 0 Å². The van der Waals surface area contributed by atoms with E-state index in [0.717, 1.165) is 5.56 Å². The second-order valence-corrected chi connectivity index (χ2v) is 5.68. The number of hydrogen-bond acceptors (Lipinski definition) is 3. The van der Waals surface area contributed by atoms with Gasteiger partial charge in [0.15, 0.2) is 5.78 Å². The van der Waals surface area contributed by atoms with Gasteiger partial charge in [-0.15, -0.1) is 0 Å². The number of carbonyl (C=O) groups is 2. The molecule has 0 saturated carbocycles. The van der Waals surface area contributed by atoms with Gasteiger partial charge in [-0.2, -0.15) is 0 Å². The van der Waals surface area contributed by atoms with E-state index in [9.17, 15) is 9.59 Å². The first-order valence-electron chi connectivity index (χ1n) is 8.03. The highest BCUT2D eigenvalue weighted by atomic mass is 16.4. The van der Waals surface area contributed by atoms with Crippen molar-refractivity contribution in [1.29, 1.82) is 0 Å². The molecule has 0 heterocycles. The Morgan fingerprint density at radius 1 is 1.04 bits per heavy atom. The number of hydrogen-bond donors (Lipinski definition) is 1. The molecule has 2 rings (SSSR count). The SMILES string of the molecule is [N-]=[N+]=NC(CCCC(=O)O)C(C(=O)c1ccccc1)c1ccccc1. The summed E-state index contributed by atoms with van der Waals surface area (Å²) >= 11 is 0. The van der Waals surface area contributed by atoms with Crippen molar-refractivity contribution in [2.24, 2.45) is 5.11 Å². The molecule has 0 aliphatic rings. The zero-order chi connectivity index (χ0) is 18.1. The van der Waals surface area contributed by atoms with Crippen molar-refractivity contribution in [3.05, 3.63) is 82.2 Å². The minimum Gasteiger partial charge on any atom is -0.481 e. The minimum absolute atomic E-state index is 0.0293. The lowest BCUT2D eigenvalue weighted by Crippen LogP contribution is -2.25. The standard InChI is InChI=1S/C19H19N3O3/c20-22-21-16(12-7-13-17(23)24)18(14-8-3-1-4-9-14)19(25)15-10-5-2-6-11-15/h1-6,8-11,16,18H,7,12-13H2,(H,23,24). The molecule has 0 aliphatic carbocycles. The maximum Gasteiger partial charge on any atom is 0.303 e. The lowest BCUT2D eigenvalue weighted by Gasteiger charge is -2.23. The molecule has 1 N–H and O–H groups in total. The molecule has 0 spiro atoms. The Bertz CT molecular complexity index is 756. The zero-order valence-corrected chi connectivity index (χ0v) is 13.7. The van der Waals surface area contributed by atoms with Crippen LogP contribution in [0, 0.1) is 0 Å². The average Bonchev–Trinajstić information content (AvgIpc) is 2.63. The lowest BCUT2D eigenvalue weighted by atomic mass is 9.83. The minimum atomic E-state index is -0.912. The fourth-order valence-corrected chi connectivity index (χ4v) is 2.81. The van der Waals surface area contributed by atoms with Gasteiger partial charge in [0, 0.05) is 16.9 Å². The summed E-state index contributed by atoms with van der Waals surface area (Å²) in [6, 6.07) is 17.3. The van der Waals surface area contributed by atoms with E-state index in [4.69, 9.17) is 10.6 Å². The van der Waals surface area contributed by atoms with Gasteiger partial charge in [0.25, 0.3) is 0 Å². The van der Waals surface area contributed by atoms with Gasteiger partial charge in [0.05, 0.1) is 12.0 Å². The summed E-state index contributed by atoms with van der Waals surface area (Å²) in [5, 5.41) is 12.6. The number of Topliss-reactive ketones (excluding diaryl/α,β-unsaturated/α-hetero) is 1. The second kappa shape index (κ2) is 9.25. The van der Waals surface area contributed by atoms with Crippen LogP contribution < -0.4 is 0 Å². The van der Waals surface area contributed by atoms with E-state index in [2.05, 4.69) is 10.0 Å². The number of nitrogens with zero attached hydrogens (tertiary/aromatic N) is 3. The molecule has 2 aromatic carbocycles. The third kappa shape index (κ3) is 5.19. The highest BCUT2D eigenvalue weighted by molar-refractivity contribution is 6.01. The fourth-order valence-electron chi connectivity index (χ4n) is 2.81. The molecule has 0 amide bonds. The molecular weight excluding hydrogens is 318 g/mol. The first kappa shape index (κ1) is 18.2. The summed E-state index contributed by atoms with van der Waals surface area (Å²) in [6.45, 7) is 0. The summed E-state index contributed by atoms with van der Waals surface area (Å²) in [5.41, 5.74) is 10.2.